The van der Waals surface area contributed by atoms with Gasteiger partial charge in [0.15, 0.2) is 18.0 Å². The molecule has 0 aromatic carbocycles. The fourth-order valence-electron chi connectivity index (χ4n) is 5.60. The van der Waals surface area contributed by atoms with Crippen LogP contribution in [0.5, 0.6) is 0 Å². The minimum atomic E-state index is -4.66. The molecule has 5 fully saturated rings. The van der Waals surface area contributed by atoms with Crippen LogP contribution < -0.4 is 0 Å². The van der Waals surface area contributed by atoms with E-state index in [0.29, 0.717) is 12.3 Å². The molecular weight excluding hydrogens is 353 g/mol. The first kappa shape index (κ1) is 18.9. The summed E-state index contributed by atoms with van der Waals surface area (Å²) >= 11 is 0. The zero-order valence-corrected chi connectivity index (χ0v) is 15.3. The smallest absolute Gasteiger partial charge is 0.384 e. The van der Waals surface area contributed by atoms with Gasteiger partial charge in [-0.2, -0.15) is 13.2 Å². The molecule has 26 heavy (non-hydrogen) atoms. The first-order valence-corrected chi connectivity index (χ1v) is 9.52. The van der Waals surface area contributed by atoms with Gasteiger partial charge in [0, 0.05) is 18.8 Å². The van der Waals surface area contributed by atoms with Crippen LogP contribution in [0.4, 0.5) is 13.2 Å². The third-order valence-corrected chi connectivity index (χ3v) is 7.13. The van der Waals surface area contributed by atoms with Crippen LogP contribution >= 0.6 is 0 Å². The number of alkyl halides is 3. The van der Waals surface area contributed by atoms with Gasteiger partial charge < -0.3 is 14.6 Å². The lowest BCUT2D eigenvalue weighted by molar-refractivity contribution is -0.571. The van der Waals surface area contributed by atoms with E-state index in [2.05, 4.69) is 6.92 Å². The maximum Gasteiger partial charge on any atom is 0.414 e. The second kappa shape index (κ2) is 6.04. The van der Waals surface area contributed by atoms with E-state index in [0.717, 1.165) is 19.3 Å². The van der Waals surface area contributed by atoms with Gasteiger partial charge in [0.2, 0.25) is 5.79 Å². The van der Waals surface area contributed by atoms with Gasteiger partial charge in [0.05, 0.1) is 6.10 Å². The predicted octanol–water partition coefficient (Wildman–Crippen LogP) is 3.55. The van der Waals surface area contributed by atoms with Gasteiger partial charge in [0.1, 0.15) is 0 Å². The summed E-state index contributed by atoms with van der Waals surface area (Å²) in [7, 11) is 0. The molecule has 9 atom stereocenters. The Morgan fingerprint density at radius 3 is 2.54 bits per heavy atom. The molecule has 0 aromatic rings. The summed E-state index contributed by atoms with van der Waals surface area (Å²) < 4.78 is 50.7. The van der Waals surface area contributed by atoms with E-state index in [1.165, 1.54) is 0 Å². The van der Waals surface area contributed by atoms with Crippen LogP contribution in [-0.2, 0) is 19.2 Å². The van der Waals surface area contributed by atoms with Crippen molar-refractivity contribution >= 4 is 0 Å². The van der Waals surface area contributed by atoms with Gasteiger partial charge >= 0.3 is 6.18 Å². The Balaban J connectivity index is 1.66. The second-order valence-corrected chi connectivity index (χ2v) is 8.74. The van der Waals surface area contributed by atoms with E-state index < -0.39 is 42.5 Å². The standard InChI is InChI=1S/C18H27F3O5/c1-9-4-5-12-10(2)13(8-14(22)18(19,20)21)23-15-17(12)11(9)6-7-16(3,24-15)25-26-17/h9-15,22H,4-8H2,1-3H3/t9-,10-,11+,12+,13-,14-,15-,16+,17-/m1/s1. The fraction of sp³-hybridized carbons (Fsp3) is 1.00. The third kappa shape index (κ3) is 2.71. The molecule has 5 rings (SSSR count). The SMILES string of the molecule is C[C@H]1[C@@H](C[C@@H](O)C(F)(F)F)O[C@@H]2O[C@]3(C)CC[C@H]4[C@H](C)CC[C@@H]1[C@@]24OO3. The zero-order valence-electron chi connectivity index (χ0n) is 15.3. The molecule has 4 saturated heterocycles. The number of fused-ring (bicyclic) bond motifs is 2. The number of aliphatic hydroxyl groups is 1. The molecule has 1 saturated carbocycles. The summed E-state index contributed by atoms with van der Waals surface area (Å²) in [5.41, 5.74) is -0.785. The molecule has 5 nitrogen and oxygen atoms in total. The van der Waals surface area contributed by atoms with E-state index in [1.807, 2.05) is 6.92 Å². The molecule has 0 unspecified atom stereocenters. The van der Waals surface area contributed by atoms with Gasteiger partial charge in [0.25, 0.3) is 0 Å². The molecule has 0 radical (unpaired) electrons. The van der Waals surface area contributed by atoms with E-state index in [1.54, 1.807) is 6.92 Å². The number of aliphatic hydroxyl groups excluding tert-OH is 1. The van der Waals surface area contributed by atoms with Crippen LogP contribution in [0.1, 0.15) is 52.9 Å². The average Bonchev–Trinajstić information content (AvgIpc) is 2.77. The van der Waals surface area contributed by atoms with Crippen LogP contribution in [0.15, 0.2) is 0 Å². The first-order chi connectivity index (χ1) is 12.1. The summed E-state index contributed by atoms with van der Waals surface area (Å²) in [4.78, 5) is 11.6. The molecule has 0 aromatic heterocycles. The quantitative estimate of drug-likeness (QED) is 0.743. The van der Waals surface area contributed by atoms with Crippen molar-refractivity contribution < 1.29 is 37.5 Å². The highest BCUT2D eigenvalue weighted by atomic mass is 19.4. The molecule has 4 heterocycles. The summed E-state index contributed by atoms with van der Waals surface area (Å²) in [5.74, 6) is -0.616. The van der Waals surface area contributed by atoms with Crippen molar-refractivity contribution in [3.63, 3.8) is 0 Å². The van der Waals surface area contributed by atoms with Crippen molar-refractivity contribution in [3.05, 3.63) is 0 Å². The number of ether oxygens (including phenoxy) is 2. The number of halogens is 3. The Kier molecular flexibility index (Phi) is 4.40. The highest BCUT2D eigenvalue weighted by Crippen LogP contribution is 2.60. The van der Waals surface area contributed by atoms with Crippen LogP contribution in [0.3, 0.4) is 0 Å². The minimum absolute atomic E-state index is 0.0319. The molecule has 150 valence electrons. The highest BCUT2D eigenvalue weighted by molar-refractivity contribution is 5.10. The fourth-order valence-corrected chi connectivity index (χ4v) is 5.60. The maximum absolute atomic E-state index is 12.9. The summed E-state index contributed by atoms with van der Waals surface area (Å²) in [5, 5.41) is 9.55. The van der Waals surface area contributed by atoms with Crippen molar-refractivity contribution in [1.82, 2.24) is 0 Å². The van der Waals surface area contributed by atoms with Crippen molar-refractivity contribution in [2.75, 3.05) is 0 Å². The van der Waals surface area contributed by atoms with Crippen LogP contribution in [0.25, 0.3) is 0 Å². The van der Waals surface area contributed by atoms with E-state index in [9.17, 15) is 18.3 Å². The monoisotopic (exact) mass is 380 g/mol. The summed E-state index contributed by atoms with van der Waals surface area (Å²) in [6, 6.07) is 0. The molecule has 8 heteroatoms. The Labute approximate surface area is 151 Å². The topological polar surface area (TPSA) is 57.2 Å². The van der Waals surface area contributed by atoms with E-state index in [4.69, 9.17) is 19.2 Å². The van der Waals surface area contributed by atoms with Crippen molar-refractivity contribution in [1.29, 1.82) is 0 Å². The number of rotatable bonds is 2. The third-order valence-electron chi connectivity index (χ3n) is 7.13. The molecular formula is C18H27F3O5. The molecule has 5 aliphatic rings. The molecule has 1 N–H and O–H groups in total. The van der Waals surface area contributed by atoms with Gasteiger partial charge in [-0.25, -0.2) is 9.78 Å². The summed E-state index contributed by atoms with van der Waals surface area (Å²) in [6.07, 6.45) is -5.74. The van der Waals surface area contributed by atoms with Crippen molar-refractivity contribution in [3.8, 4) is 0 Å². The Bertz CT molecular complexity index is 557. The highest BCUT2D eigenvalue weighted by Gasteiger charge is 2.69. The Morgan fingerprint density at radius 2 is 1.85 bits per heavy atom. The normalized spacial score (nSPS) is 52.3. The van der Waals surface area contributed by atoms with Crippen molar-refractivity contribution in [2.24, 2.45) is 23.7 Å². The number of hydrogen-bond acceptors (Lipinski definition) is 5. The zero-order chi connectivity index (χ0) is 18.9. The Morgan fingerprint density at radius 1 is 1.12 bits per heavy atom. The predicted molar refractivity (Wildman–Crippen MR) is 83.5 cm³/mol. The van der Waals surface area contributed by atoms with Gasteiger partial charge in [-0.1, -0.05) is 13.8 Å². The van der Waals surface area contributed by atoms with E-state index >= 15 is 0 Å². The lowest BCUT2D eigenvalue weighted by Gasteiger charge is -2.60. The summed E-state index contributed by atoms with van der Waals surface area (Å²) in [6.45, 7) is 5.84. The molecule has 1 spiro atoms. The molecule has 1 aliphatic carbocycles. The Hall–Kier alpha value is -0.410. The lowest BCUT2D eigenvalue weighted by Crippen LogP contribution is -2.70. The van der Waals surface area contributed by atoms with E-state index in [-0.39, 0.29) is 17.8 Å². The lowest BCUT2D eigenvalue weighted by atomic mass is 9.57. The first-order valence-electron chi connectivity index (χ1n) is 9.52. The van der Waals surface area contributed by atoms with Gasteiger partial charge in [-0.3, -0.25) is 0 Å². The van der Waals surface area contributed by atoms with Gasteiger partial charge in [-0.05, 0) is 43.9 Å². The van der Waals surface area contributed by atoms with Gasteiger partial charge in [-0.15, -0.1) is 0 Å². The minimum Gasteiger partial charge on any atom is -0.384 e. The van der Waals surface area contributed by atoms with Crippen LogP contribution in [0.2, 0.25) is 0 Å². The molecule has 0 amide bonds. The van der Waals surface area contributed by atoms with Crippen LogP contribution in [-0.4, -0.2) is 41.2 Å². The largest absolute Gasteiger partial charge is 0.414 e. The number of hydrogen-bond donors (Lipinski definition) is 1. The van der Waals surface area contributed by atoms with Crippen LogP contribution in [0, 0.1) is 23.7 Å². The molecule has 4 aliphatic heterocycles. The second-order valence-electron chi connectivity index (χ2n) is 8.74. The maximum atomic E-state index is 12.9. The van der Waals surface area contributed by atoms with Crippen molar-refractivity contribution in [2.45, 2.75) is 88.9 Å². The molecule has 2 bridgehead atoms. The average molecular weight is 380 g/mol.